The summed E-state index contributed by atoms with van der Waals surface area (Å²) in [6.07, 6.45) is 2.11. The number of hydrogen-bond donors (Lipinski definition) is 1. The van der Waals surface area contributed by atoms with Crippen molar-refractivity contribution in [1.82, 2.24) is 14.4 Å². The minimum atomic E-state index is -0.0410. The number of aromatic nitrogens is 3. The Kier molecular flexibility index (Phi) is 11.2. The van der Waals surface area contributed by atoms with Crippen LogP contribution in [0.25, 0.3) is 61.8 Å². The number of hydrogen-bond acceptors (Lipinski definition) is 3. The largest absolute Gasteiger partial charge is 0.507 e. The fourth-order valence-electron chi connectivity index (χ4n) is 7.22. The molecule has 55 heavy (non-hydrogen) atoms. The van der Waals surface area contributed by atoms with Crippen molar-refractivity contribution in [1.29, 1.82) is 0 Å². The summed E-state index contributed by atoms with van der Waals surface area (Å²) in [5.74, 6) is 0.753. The Balaban J connectivity index is 0.00000514. The second kappa shape index (κ2) is 15.4. The van der Waals surface area contributed by atoms with Crippen LogP contribution in [0.4, 0.5) is 0 Å². The SMILES string of the molecule is CC(C)c1cccc(-c2cc(-c3cc(C(C)(C)C)cc(C(C)(C)C)c3)cc(-c3[c-]c(-c4nc5c(C(C)C)cccn5c4-c4ccccc4)ccc3)n2)c1O.[Pt]. The van der Waals surface area contributed by atoms with E-state index in [2.05, 4.69) is 171 Å². The van der Waals surface area contributed by atoms with Gasteiger partial charge in [0.05, 0.1) is 5.69 Å². The second-order valence-corrected chi connectivity index (χ2v) is 17.3. The van der Waals surface area contributed by atoms with Crippen molar-refractivity contribution in [2.75, 3.05) is 0 Å². The fourth-order valence-corrected chi connectivity index (χ4v) is 7.22. The molecule has 0 unspecified atom stereocenters. The van der Waals surface area contributed by atoms with Gasteiger partial charge in [0.1, 0.15) is 11.4 Å². The van der Waals surface area contributed by atoms with E-state index in [-0.39, 0.29) is 43.6 Å². The van der Waals surface area contributed by atoms with Gasteiger partial charge in [-0.3, -0.25) is 9.97 Å². The zero-order valence-corrected chi connectivity index (χ0v) is 36.0. The molecule has 4 aromatic carbocycles. The van der Waals surface area contributed by atoms with Crippen LogP contribution < -0.4 is 0 Å². The molecular weight excluding hydrogens is 854 g/mol. The maximum absolute atomic E-state index is 11.6. The van der Waals surface area contributed by atoms with Crippen LogP contribution >= 0.6 is 0 Å². The van der Waals surface area contributed by atoms with E-state index in [0.717, 1.165) is 67.4 Å². The van der Waals surface area contributed by atoms with Gasteiger partial charge in [-0.2, -0.15) is 0 Å². The van der Waals surface area contributed by atoms with Crippen LogP contribution in [-0.4, -0.2) is 19.5 Å². The van der Waals surface area contributed by atoms with Gasteiger partial charge in [0.15, 0.2) is 0 Å². The van der Waals surface area contributed by atoms with Gasteiger partial charge >= 0.3 is 0 Å². The number of pyridine rings is 2. The van der Waals surface area contributed by atoms with Crippen LogP contribution in [0.2, 0.25) is 0 Å². The Morgan fingerprint density at radius 3 is 1.80 bits per heavy atom. The van der Waals surface area contributed by atoms with E-state index in [0.29, 0.717) is 5.92 Å². The summed E-state index contributed by atoms with van der Waals surface area (Å²) in [6.45, 7) is 22.2. The molecule has 0 bridgehead atoms. The molecule has 0 atom stereocenters. The van der Waals surface area contributed by atoms with Crippen LogP contribution in [0, 0.1) is 6.07 Å². The molecule has 0 saturated carbocycles. The molecule has 0 amide bonds. The summed E-state index contributed by atoms with van der Waals surface area (Å²) in [4.78, 5) is 10.6. The van der Waals surface area contributed by atoms with Crippen molar-refractivity contribution in [3.05, 3.63) is 144 Å². The summed E-state index contributed by atoms with van der Waals surface area (Å²) in [5.41, 5.74) is 14.7. The molecule has 7 aromatic rings. The molecule has 3 aromatic heterocycles. The van der Waals surface area contributed by atoms with Gasteiger partial charge in [-0.1, -0.05) is 153 Å². The predicted octanol–water partition coefficient (Wildman–Crippen LogP) is 13.4. The van der Waals surface area contributed by atoms with Gasteiger partial charge in [-0.05, 0) is 79.8 Å². The molecule has 0 fully saturated rings. The topological polar surface area (TPSA) is 50.4 Å². The Hall–Kier alpha value is -4.79. The third kappa shape index (κ3) is 7.98. The smallest absolute Gasteiger partial charge is 0.132 e. The minimum Gasteiger partial charge on any atom is -0.507 e. The van der Waals surface area contributed by atoms with Gasteiger partial charge in [0.2, 0.25) is 0 Å². The number of rotatable bonds is 7. The monoisotopic (exact) mass is 905 g/mol. The predicted molar refractivity (Wildman–Crippen MR) is 226 cm³/mol. The van der Waals surface area contributed by atoms with E-state index in [1.54, 1.807) is 0 Å². The van der Waals surface area contributed by atoms with Crippen LogP contribution in [0.15, 0.2) is 115 Å². The first-order valence-corrected chi connectivity index (χ1v) is 19.2. The molecule has 0 radical (unpaired) electrons. The number of imidazole rings is 1. The first-order valence-electron chi connectivity index (χ1n) is 19.2. The Morgan fingerprint density at radius 2 is 1.16 bits per heavy atom. The van der Waals surface area contributed by atoms with Crippen molar-refractivity contribution in [3.8, 4) is 61.9 Å². The van der Waals surface area contributed by atoms with Gasteiger partial charge in [0.25, 0.3) is 0 Å². The maximum atomic E-state index is 11.6. The molecule has 0 spiro atoms. The van der Waals surface area contributed by atoms with Crippen molar-refractivity contribution in [3.63, 3.8) is 0 Å². The Morgan fingerprint density at radius 1 is 0.582 bits per heavy atom. The number of nitrogens with zero attached hydrogens (tertiary/aromatic N) is 3. The first-order chi connectivity index (χ1) is 25.6. The van der Waals surface area contributed by atoms with Crippen LogP contribution in [0.5, 0.6) is 5.75 Å². The van der Waals surface area contributed by atoms with Gasteiger partial charge in [-0.25, -0.2) is 0 Å². The average Bonchev–Trinajstić information content (AvgIpc) is 3.54. The van der Waals surface area contributed by atoms with Crippen LogP contribution in [0.1, 0.15) is 103 Å². The average molecular weight is 906 g/mol. The van der Waals surface area contributed by atoms with E-state index in [9.17, 15) is 5.11 Å². The molecule has 3 heterocycles. The number of benzene rings is 4. The van der Waals surface area contributed by atoms with E-state index in [1.165, 1.54) is 16.7 Å². The van der Waals surface area contributed by atoms with E-state index in [4.69, 9.17) is 9.97 Å². The summed E-state index contributed by atoms with van der Waals surface area (Å²) in [5, 5.41) is 11.6. The molecule has 5 heteroatoms. The van der Waals surface area contributed by atoms with Gasteiger partial charge in [0, 0.05) is 49.9 Å². The van der Waals surface area contributed by atoms with Gasteiger partial charge < -0.3 is 9.51 Å². The third-order valence-electron chi connectivity index (χ3n) is 10.5. The van der Waals surface area contributed by atoms with E-state index >= 15 is 0 Å². The molecular formula is C50H52N3OPt-. The molecule has 284 valence electrons. The summed E-state index contributed by atoms with van der Waals surface area (Å²) < 4.78 is 2.22. The van der Waals surface area contributed by atoms with Gasteiger partial charge in [-0.15, -0.1) is 24.3 Å². The second-order valence-electron chi connectivity index (χ2n) is 17.3. The number of phenols is 1. The molecule has 0 aliphatic rings. The number of phenolic OH excluding ortho intramolecular Hbond substituents is 1. The number of aromatic hydroxyl groups is 1. The van der Waals surface area contributed by atoms with Crippen molar-refractivity contribution in [2.45, 2.75) is 91.9 Å². The minimum absolute atomic E-state index is 0. The zero-order valence-electron chi connectivity index (χ0n) is 33.7. The number of fused-ring (bicyclic) bond motifs is 1. The Bertz CT molecular complexity index is 2450. The normalized spacial score (nSPS) is 12.1. The molecule has 0 saturated heterocycles. The van der Waals surface area contributed by atoms with Crippen molar-refractivity contribution < 1.29 is 26.2 Å². The quantitative estimate of drug-likeness (QED) is 0.162. The molecule has 1 N–H and O–H groups in total. The summed E-state index contributed by atoms with van der Waals surface area (Å²) in [6, 6.07) is 42.1. The van der Waals surface area contributed by atoms with Crippen LogP contribution in [0.3, 0.4) is 0 Å². The van der Waals surface area contributed by atoms with Crippen LogP contribution in [-0.2, 0) is 31.9 Å². The van der Waals surface area contributed by atoms with Crippen molar-refractivity contribution >= 4 is 5.65 Å². The standard InChI is InChI=1S/C50H52N3O.Pt/c1-31(2)40-21-15-22-42(47(40)54)44-29-37(36-26-38(49(5,6)7)30-39(27-36)50(8,9)10)28-43(51-44)34-19-14-20-35(25-34)45-46(33-17-12-11-13-18-33)53-24-16-23-41(32(3)4)48(53)52-45;/h11-24,26-32,54H,1-10H3;/q-1;. The van der Waals surface area contributed by atoms with E-state index in [1.807, 2.05) is 24.3 Å². The maximum Gasteiger partial charge on any atom is 0.132 e. The number of para-hydroxylation sites is 1. The third-order valence-corrected chi connectivity index (χ3v) is 10.5. The molecule has 0 aliphatic carbocycles. The molecule has 0 aliphatic heterocycles. The zero-order chi connectivity index (χ0) is 38.5. The fraction of sp³-hybridized carbons (Fsp3) is 0.280. The molecule has 7 rings (SSSR count). The first kappa shape index (κ1) is 39.9. The summed E-state index contributed by atoms with van der Waals surface area (Å²) in [7, 11) is 0. The molecule has 4 nitrogen and oxygen atoms in total. The van der Waals surface area contributed by atoms with E-state index < -0.39 is 0 Å². The van der Waals surface area contributed by atoms with Crippen molar-refractivity contribution in [2.24, 2.45) is 0 Å². The Labute approximate surface area is 342 Å². The summed E-state index contributed by atoms with van der Waals surface area (Å²) >= 11 is 0.